The minimum atomic E-state index is 0.0340. The second kappa shape index (κ2) is 6.15. The third-order valence-electron chi connectivity index (χ3n) is 4.23. The normalized spacial score (nSPS) is 18.2. The van der Waals surface area contributed by atoms with Crippen LogP contribution in [0.5, 0.6) is 0 Å². The van der Waals surface area contributed by atoms with Crippen molar-refractivity contribution in [3.8, 4) is 0 Å². The van der Waals surface area contributed by atoms with Crippen LogP contribution in [0.25, 0.3) is 0 Å². The monoisotopic (exact) mass is 261 g/mol. The van der Waals surface area contributed by atoms with E-state index in [1.165, 1.54) is 19.3 Å². The molecule has 0 aliphatic heterocycles. The predicted molar refractivity (Wildman–Crippen MR) is 76.5 cm³/mol. The number of carbonyl (C=O) groups is 1. The Labute approximate surface area is 114 Å². The van der Waals surface area contributed by atoms with Gasteiger partial charge in [-0.15, -0.1) is 0 Å². The molecule has 0 bridgehead atoms. The second-order valence-corrected chi connectivity index (χ2v) is 5.70. The summed E-state index contributed by atoms with van der Waals surface area (Å²) in [4.78, 5) is 16.3. The molecule has 1 fully saturated rings. The lowest BCUT2D eigenvalue weighted by molar-refractivity contribution is -0.121. The largest absolute Gasteiger partial charge is 0.383 e. The van der Waals surface area contributed by atoms with Gasteiger partial charge in [-0.1, -0.05) is 25.3 Å². The number of nitrogen functional groups attached to an aromatic ring is 1. The Morgan fingerprint density at radius 3 is 2.68 bits per heavy atom. The summed E-state index contributed by atoms with van der Waals surface area (Å²) in [6.07, 6.45) is 8.42. The van der Waals surface area contributed by atoms with Crippen LogP contribution in [0, 0.1) is 5.41 Å². The Morgan fingerprint density at radius 1 is 1.32 bits per heavy atom. The first-order valence-electron chi connectivity index (χ1n) is 7.06. The van der Waals surface area contributed by atoms with Crippen molar-refractivity contribution >= 4 is 11.6 Å². The Morgan fingerprint density at radius 2 is 2.05 bits per heavy atom. The zero-order valence-corrected chi connectivity index (χ0v) is 11.4. The Balaban J connectivity index is 1.98. The third kappa shape index (κ3) is 3.53. The van der Waals surface area contributed by atoms with Gasteiger partial charge in [0, 0.05) is 24.6 Å². The highest BCUT2D eigenvalue weighted by atomic mass is 16.1. The second-order valence-electron chi connectivity index (χ2n) is 5.70. The smallest absolute Gasteiger partial charge is 0.138 e. The molecule has 4 N–H and O–H groups in total. The molecule has 1 aromatic rings. The lowest BCUT2D eigenvalue weighted by Gasteiger charge is -2.35. The molecule has 1 aliphatic carbocycles. The van der Waals surface area contributed by atoms with Gasteiger partial charge in [0.1, 0.15) is 11.6 Å². The van der Waals surface area contributed by atoms with E-state index < -0.39 is 0 Å². The minimum absolute atomic E-state index is 0.0340. The molecule has 1 heterocycles. The average molecular weight is 261 g/mol. The Bertz CT molecular complexity index is 439. The number of ketones is 1. The molecule has 0 atom stereocenters. The van der Waals surface area contributed by atoms with Crippen LogP contribution in [0.3, 0.4) is 0 Å². The maximum Gasteiger partial charge on any atom is 0.138 e. The summed E-state index contributed by atoms with van der Waals surface area (Å²) in [5.41, 5.74) is 12.6. The quantitative estimate of drug-likeness (QED) is 0.850. The van der Waals surface area contributed by atoms with E-state index in [1.54, 1.807) is 6.20 Å². The molecule has 0 spiro atoms. The van der Waals surface area contributed by atoms with Gasteiger partial charge in [0.05, 0.1) is 0 Å². The molecule has 0 aromatic carbocycles. The molecular weight excluding hydrogens is 238 g/mol. The topological polar surface area (TPSA) is 82.0 Å². The molecule has 104 valence electrons. The Kier molecular flexibility index (Phi) is 4.53. The van der Waals surface area contributed by atoms with Crippen LogP contribution < -0.4 is 11.5 Å². The molecule has 0 saturated heterocycles. The summed E-state index contributed by atoms with van der Waals surface area (Å²) in [5, 5.41) is 0. The van der Waals surface area contributed by atoms with Gasteiger partial charge in [0.2, 0.25) is 0 Å². The van der Waals surface area contributed by atoms with Crippen molar-refractivity contribution in [1.29, 1.82) is 0 Å². The van der Waals surface area contributed by atoms with Crippen LogP contribution in [0.15, 0.2) is 18.3 Å². The van der Waals surface area contributed by atoms with Crippen molar-refractivity contribution in [2.75, 3.05) is 12.3 Å². The number of rotatable bonds is 5. The van der Waals surface area contributed by atoms with E-state index in [2.05, 4.69) is 4.98 Å². The molecular formula is C15H23N3O. The predicted octanol–water partition coefficient (Wildman–Crippen LogP) is 2.07. The van der Waals surface area contributed by atoms with Crippen molar-refractivity contribution in [2.24, 2.45) is 11.1 Å². The maximum absolute atomic E-state index is 12.3. The first-order valence-corrected chi connectivity index (χ1v) is 7.06. The molecule has 1 saturated carbocycles. The summed E-state index contributed by atoms with van der Waals surface area (Å²) < 4.78 is 0. The van der Waals surface area contributed by atoms with Gasteiger partial charge in [0.15, 0.2) is 0 Å². The zero-order chi connectivity index (χ0) is 13.7. The van der Waals surface area contributed by atoms with E-state index >= 15 is 0 Å². The van der Waals surface area contributed by atoms with Crippen molar-refractivity contribution in [2.45, 2.75) is 44.9 Å². The average Bonchev–Trinajstić information content (AvgIpc) is 2.42. The van der Waals surface area contributed by atoms with Crippen LogP contribution in [-0.4, -0.2) is 17.3 Å². The van der Waals surface area contributed by atoms with Gasteiger partial charge in [0.25, 0.3) is 0 Å². The van der Waals surface area contributed by atoms with Gasteiger partial charge in [-0.25, -0.2) is 4.98 Å². The number of anilines is 1. The van der Waals surface area contributed by atoms with Crippen molar-refractivity contribution in [3.05, 3.63) is 23.9 Å². The van der Waals surface area contributed by atoms with Crippen LogP contribution >= 0.6 is 0 Å². The van der Waals surface area contributed by atoms with Gasteiger partial charge >= 0.3 is 0 Å². The number of nitrogens with zero attached hydrogens (tertiary/aromatic N) is 1. The number of nitrogens with two attached hydrogens (primary N) is 2. The molecule has 0 unspecified atom stereocenters. The van der Waals surface area contributed by atoms with E-state index in [0.29, 0.717) is 25.2 Å². The van der Waals surface area contributed by atoms with E-state index in [1.807, 2.05) is 12.1 Å². The summed E-state index contributed by atoms with van der Waals surface area (Å²) in [5.74, 6) is 0.688. The molecule has 0 radical (unpaired) electrons. The summed E-state index contributed by atoms with van der Waals surface area (Å²) >= 11 is 0. The van der Waals surface area contributed by atoms with Crippen molar-refractivity contribution in [1.82, 2.24) is 4.98 Å². The molecule has 1 aromatic heterocycles. The number of Topliss-reactive ketones (excluding diaryl/α,β-unsaturated/α-hetero) is 1. The summed E-state index contributed by atoms with van der Waals surface area (Å²) in [6, 6.07) is 3.69. The standard InChI is InChI=1S/C15H23N3O/c16-11-15(6-2-1-3-7-15)10-13(19)9-12-5-4-8-18-14(12)17/h4-5,8H,1-3,6-7,9-11,16H2,(H2,17,18). The third-order valence-corrected chi connectivity index (χ3v) is 4.23. The van der Waals surface area contributed by atoms with E-state index in [0.717, 1.165) is 18.4 Å². The van der Waals surface area contributed by atoms with E-state index in [9.17, 15) is 4.79 Å². The fourth-order valence-corrected chi connectivity index (χ4v) is 3.05. The first-order chi connectivity index (χ1) is 9.15. The van der Waals surface area contributed by atoms with E-state index in [-0.39, 0.29) is 11.2 Å². The molecule has 4 heteroatoms. The number of hydrogen-bond donors (Lipinski definition) is 2. The fraction of sp³-hybridized carbons (Fsp3) is 0.600. The lowest BCUT2D eigenvalue weighted by atomic mass is 9.70. The number of pyridine rings is 1. The zero-order valence-electron chi connectivity index (χ0n) is 11.4. The van der Waals surface area contributed by atoms with E-state index in [4.69, 9.17) is 11.5 Å². The molecule has 0 amide bonds. The molecule has 19 heavy (non-hydrogen) atoms. The van der Waals surface area contributed by atoms with Crippen LogP contribution in [0.4, 0.5) is 5.82 Å². The summed E-state index contributed by atoms with van der Waals surface area (Å²) in [6.45, 7) is 0.612. The highest BCUT2D eigenvalue weighted by Gasteiger charge is 2.32. The maximum atomic E-state index is 12.3. The van der Waals surface area contributed by atoms with Gasteiger partial charge in [-0.3, -0.25) is 4.79 Å². The molecule has 1 aliphatic rings. The lowest BCUT2D eigenvalue weighted by Crippen LogP contribution is -2.35. The SMILES string of the molecule is NCC1(CC(=O)Cc2cccnc2N)CCCCC1. The van der Waals surface area contributed by atoms with Crippen LogP contribution in [-0.2, 0) is 11.2 Å². The number of carbonyl (C=O) groups excluding carboxylic acids is 1. The number of aromatic nitrogens is 1. The first kappa shape index (κ1) is 14.0. The van der Waals surface area contributed by atoms with Crippen LogP contribution in [0.1, 0.15) is 44.1 Å². The highest BCUT2D eigenvalue weighted by Crippen LogP contribution is 2.38. The van der Waals surface area contributed by atoms with Crippen molar-refractivity contribution in [3.63, 3.8) is 0 Å². The van der Waals surface area contributed by atoms with Gasteiger partial charge in [-0.2, -0.15) is 0 Å². The van der Waals surface area contributed by atoms with Gasteiger partial charge < -0.3 is 11.5 Å². The van der Waals surface area contributed by atoms with Crippen molar-refractivity contribution < 1.29 is 4.79 Å². The molecule has 2 rings (SSSR count). The van der Waals surface area contributed by atoms with Gasteiger partial charge in [-0.05, 0) is 30.9 Å². The fourth-order valence-electron chi connectivity index (χ4n) is 3.05. The Hall–Kier alpha value is -1.42. The van der Waals surface area contributed by atoms with Crippen LogP contribution in [0.2, 0.25) is 0 Å². The minimum Gasteiger partial charge on any atom is -0.383 e. The summed E-state index contributed by atoms with van der Waals surface area (Å²) in [7, 11) is 0. The highest BCUT2D eigenvalue weighted by molar-refractivity contribution is 5.82. The number of hydrogen-bond acceptors (Lipinski definition) is 4. The molecule has 4 nitrogen and oxygen atoms in total.